The largest absolute Gasteiger partial charge is 0.381 e. The second-order valence-corrected chi connectivity index (χ2v) is 13.0. The van der Waals surface area contributed by atoms with Crippen LogP contribution < -0.4 is 10.6 Å². The van der Waals surface area contributed by atoms with Crippen molar-refractivity contribution in [1.29, 1.82) is 0 Å². The van der Waals surface area contributed by atoms with Crippen LogP contribution in [-0.2, 0) is 4.74 Å². The lowest BCUT2D eigenvalue weighted by Gasteiger charge is -2.43. The third-order valence-electron chi connectivity index (χ3n) is 9.42. The molecule has 0 radical (unpaired) electrons. The van der Waals surface area contributed by atoms with E-state index in [1.807, 2.05) is 10.9 Å². The van der Waals surface area contributed by atoms with E-state index in [4.69, 9.17) is 14.7 Å². The maximum Gasteiger partial charge on any atom is 0.230 e. The number of piperazine rings is 1. The van der Waals surface area contributed by atoms with Crippen molar-refractivity contribution in [2.75, 3.05) is 36.9 Å². The van der Waals surface area contributed by atoms with Crippen molar-refractivity contribution in [2.45, 2.75) is 102 Å². The molecular weight excluding hydrogens is 510 g/mol. The molecule has 1 aliphatic carbocycles. The highest BCUT2D eigenvalue weighted by Crippen LogP contribution is 2.38. The molecule has 4 aliphatic rings. The number of hydrogen-bond donors (Lipinski definition) is 2. The SMILES string of the molecule is Cc1nsc2nc(Nc3cnn(C4CCOCC4)c3)nc(NC3CCC(N4CC5CC4CN5C(C)C)CC3)c12. The molecule has 10 nitrogen and oxygen atoms in total. The van der Waals surface area contributed by atoms with E-state index in [1.54, 1.807) is 0 Å². The van der Waals surface area contributed by atoms with Crippen LogP contribution >= 0.6 is 11.5 Å². The number of nitrogens with zero attached hydrogens (tertiary/aromatic N) is 7. The van der Waals surface area contributed by atoms with Crippen molar-refractivity contribution in [2.24, 2.45) is 0 Å². The zero-order chi connectivity index (χ0) is 26.5. The van der Waals surface area contributed by atoms with Gasteiger partial charge in [0.05, 0.1) is 29.0 Å². The molecular formula is C28H41N9OS. The summed E-state index contributed by atoms with van der Waals surface area (Å²) in [5, 5.41) is 12.9. The molecule has 0 amide bonds. The van der Waals surface area contributed by atoms with Gasteiger partial charge in [-0.2, -0.15) is 19.4 Å². The monoisotopic (exact) mass is 551 g/mol. The lowest BCUT2D eigenvalue weighted by Crippen LogP contribution is -2.53. The lowest BCUT2D eigenvalue weighted by atomic mass is 9.89. The number of rotatable bonds is 7. The molecule has 7 rings (SSSR count). The second kappa shape index (κ2) is 10.6. The van der Waals surface area contributed by atoms with Gasteiger partial charge in [0.15, 0.2) is 4.83 Å². The Balaban J connectivity index is 1.02. The Morgan fingerprint density at radius 1 is 0.974 bits per heavy atom. The molecule has 3 saturated heterocycles. The summed E-state index contributed by atoms with van der Waals surface area (Å²) in [4.78, 5) is 16.2. The van der Waals surface area contributed by atoms with Gasteiger partial charge in [-0.3, -0.25) is 14.5 Å². The quantitative estimate of drug-likeness (QED) is 0.437. The van der Waals surface area contributed by atoms with Gasteiger partial charge in [0.2, 0.25) is 5.95 Å². The van der Waals surface area contributed by atoms with E-state index >= 15 is 0 Å². The molecule has 3 aromatic heterocycles. The van der Waals surface area contributed by atoms with Gasteiger partial charge < -0.3 is 15.4 Å². The van der Waals surface area contributed by atoms with Crippen LogP contribution in [0.25, 0.3) is 10.2 Å². The fraction of sp³-hybridized carbons (Fsp3) is 0.714. The van der Waals surface area contributed by atoms with E-state index in [2.05, 4.69) is 56.9 Å². The normalized spacial score (nSPS) is 28.6. The van der Waals surface area contributed by atoms with Crippen LogP contribution in [0.15, 0.2) is 12.4 Å². The lowest BCUT2D eigenvalue weighted by molar-refractivity contribution is 0.0595. The number of likely N-dealkylation sites (tertiary alicyclic amines) is 2. The molecule has 3 aromatic rings. The molecule has 11 heteroatoms. The van der Waals surface area contributed by atoms with Gasteiger partial charge in [-0.25, -0.2) is 0 Å². The van der Waals surface area contributed by atoms with Gasteiger partial charge >= 0.3 is 0 Å². The second-order valence-electron chi connectivity index (χ2n) is 12.2. The zero-order valence-electron chi connectivity index (χ0n) is 23.3. The Hall–Kier alpha value is -2.34. The van der Waals surface area contributed by atoms with Gasteiger partial charge in [0, 0.05) is 62.7 Å². The number of hydrogen-bond acceptors (Lipinski definition) is 10. The molecule has 2 unspecified atom stereocenters. The van der Waals surface area contributed by atoms with Gasteiger partial charge in [0.25, 0.3) is 0 Å². The summed E-state index contributed by atoms with van der Waals surface area (Å²) in [5.74, 6) is 1.50. The number of anilines is 3. The average Bonchev–Trinajstić information content (AvgIpc) is 3.74. The standard InChI is InChI=1S/C28H41N9OS/c1-17(2)35-15-24-12-23(35)16-36(24)21-6-4-19(5-7-21)30-26-25-18(3)34-39-27(25)33-28(32-26)31-20-13-29-37(14-20)22-8-10-38-11-9-22/h13-14,17,19,21-24H,4-12,15-16H2,1-3H3,(H2,30,31,32,33). The third-order valence-corrected chi connectivity index (χ3v) is 10.3. The first-order chi connectivity index (χ1) is 19.0. The third kappa shape index (κ3) is 5.03. The maximum absolute atomic E-state index is 5.50. The Morgan fingerprint density at radius 3 is 2.54 bits per heavy atom. The molecule has 39 heavy (non-hydrogen) atoms. The average molecular weight is 552 g/mol. The number of nitrogens with one attached hydrogen (secondary N) is 2. The Labute approximate surface area is 234 Å². The maximum atomic E-state index is 5.50. The number of ether oxygens (including phenoxy) is 1. The van der Waals surface area contributed by atoms with Crippen molar-refractivity contribution >= 4 is 39.2 Å². The molecule has 3 aliphatic heterocycles. The summed E-state index contributed by atoms with van der Waals surface area (Å²) in [6, 6.07) is 3.74. The molecule has 6 heterocycles. The highest BCUT2D eigenvalue weighted by atomic mass is 32.1. The van der Waals surface area contributed by atoms with E-state index in [-0.39, 0.29) is 0 Å². The smallest absolute Gasteiger partial charge is 0.230 e. The van der Waals surface area contributed by atoms with Gasteiger partial charge in [-0.05, 0) is 77.2 Å². The van der Waals surface area contributed by atoms with Crippen LogP contribution in [0.5, 0.6) is 0 Å². The molecule has 0 spiro atoms. The highest BCUT2D eigenvalue weighted by molar-refractivity contribution is 7.13. The number of aromatic nitrogens is 5. The highest BCUT2D eigenvalue weighted by Gasteiger charge is 2.46. The van der Waals surface area contributed by atoms with Crippen molar-refractivity contribution in [1.82, 2.24) is 33.9 Å². The van der Waals surface area contributed by atoms with Crippen LogP contribution in [0.1, 0.15) is 70.5 Å². The Bertz CT molecular complexity index is 1290. The van der Waals surface area contributed by atoms with Crippen LogP contribution in [0, 0.1) is 6.92 Å². The van der Waals surface area contributed by atoms with Gasteiger partial charge in [-0.15, -0.1) is 0 Å². The van der Waals surface area contributed by atoms with Crippen molar-refractivity contribution in [3.63, 3.8) is 0 Å². The van der Waals surface area contributed by atoms with Crippen LogP contribution in [-0.4, -0.2) is 90.4 Å². The molecule has 2 N–H and O–H groups in total. The summed E-state index contributed by atoms with van der Waals surface area (Å²) in [5.41, 5.74) is 1.90. The predicted molar refractivity (Wildman–Crippen MR) is 155 cm³/mol. The topological polar surface area (TPSA) is 96.3 Å². The minimum Gasteiger partial charge on any atom is -0.381 e. The minimum atomic E-state index is 0.388. The van der Waals surface area contributed by atoms with E-state index in [1.165, 1.54) is 56.7 Å². The van der Waals surface area contributed by atoms with Gasteiger partial charge in [-0.1, -0.05) is 0 Å². The first-order valence-electron chi connectivity index (χ1n) is 14.8. The summed E-state index contributed by atoms with van der Waals surface area (Å²) in [7, 11) is 0. The zero-order valence-corrected chi connectivity index (χ0v) is 24.2. The van der Waals surface area contributed by atoms with E-state index in [9.17, 15) is 0 Å². The molecule has 4 fully saturated rings. The first-order valence-corrected chi connectivity index (χ1v) is 15.6. The van der Waals surface area contributed by atoms with E-state index in [0.717, 1.165) is 71.6 Å². The first kappa shape index (κ1) is 25.6. The Morgan fingerprint density at radius 2 is 1.79 bits per heavy atom. The summed E-state index contributed by atoms with van der Waals surface area (Å²) in [6.45, 7) is 10.9. The van der Waals surface area contributed by atoms with Crippen molar-refractivity contribution in [3.05, 3.63) is 18.1 Å². The summed E-state index contributed by atoms with van der Waals surface area (Å²) < 4.78 is 12.2. The van der Waals surface area contributed by atoms with E-state index < -0.39 is 0 Å². The summed E-state index contributed by atoms with van der Waals surface area (Å²) >= 11 is 1.44. The molecule has 2 atom stereocenters. The van der Waals surface area contributed by atoms with Crippen LogP contribution in [0.3, 0.4) is 0 Å². The van der Waals surface area contributed by atoms with Crippen LogP contribution in [0.2, 0.25) is 0 Å². The van der Waals surface area contributed by atoms with Crippen molar-refractivity contribution < 1.29 is 4.74 Å². The van der Waals surface area contributed by atoms with Gasteiger partial charge in [0.1, 0.15) is 5.82 Å². The Kier molecular flexibility index (Phi) is 6.94. The molecule has 1 saturated carbocycles. The summed E-state index contributed by atoms with van der Waals surface area (Å²) in [6.07, 6.45) is 12.1. The molecule has 210 valence electrons. The number of fused-ring (bicyclic) bond motifs is 3. The minimum absolute atomic E-state index is 0.388. The molecule has 2 bridgehead atoms. The number of aryl methyl sites for hydroxylation is 1. The van der Waals surface area contributed by atoms with E-state index in [0.29, 0.717) is 24.1 Å². The van der Waals surface area contributed by atoms with Crippen molar-refractivity contribution in [3.8, 4) is 0 Å². The molecule has 0 aromatic carbocycles. The predicted octanol–water partition coefficient (Wildman–Crippen LogP) is 4.58. The fourth-order valence-electron chi connectivity index (χ4n) is 7.38. The fourth-order valence-corrected chi connectivity index (χ4v) is 8.16. The van der Waals surface area contributed by atoms with Crippen LogP contribution in [0.4, 0.5) is 17.5 Å².